The molecule has 0 spiro atoms. The van der Waals surface area contributed by atoms with Gasteiger partial charge < -0.3 is 4.74 Å². The minimum Gasteiger partial charge on any atom is -0.493 e. The van der Waals surface area contributed by atoms with E-state index in [1.165, 1.54) is 12.1 Å². The first kappa shape index (κ1) is 14.4. The molecule has 0 radical (unpaired) electrons. The van der Waals surface area contributed by atoms with Crippen LogP contribution in [0.15, 0.2) is 42.5 Å². The predicted octanol–water partition coefficient (Wildman–Crippen LogP) is 5.12. The van der Waals surface area contributed by atoms with E-state index < -0.39 is 16.6 Å². The van der Waals surface area contributed by atoms with E-state index in [4.69, 9.17) is 4.74 Å². The van der Waals surface area contributed by atoms with Gasteiger partial charge in [0.15, 0.2) is 0 Å². The monoisotopic (exact) mass is 356 g/mol. The third kappa shape index (κ3) is 2.79. The fourth-order valence-electron chi connectivity index (χ4n) is 2.52. The lowest BCUT2D eigenvalue weighted by atomic mass is 9.97. The largest absolute Gasteiger partial charge is 0.493 e. The normalized spacial score (nSPS) is 15.4. The molecule has 0 saturated carbocycles. The van der Waals surface area contributed by atoms with Crippen LogP contribution in [0.3, 0.4) is 0 Å². The summed E-state index contributed by atoms with van der Waals surface area (Å²) in [5.74, 6) is 0.822. The van der Waals surface area contributed by atoms with Crippen LogP contribution in [0.4, 0.5) is 13.2 Å². The standard InChI is InChI=1S/C16H12BrF3O/c17-15(11-5-6-14-10(9-11)7-8-21-14)12-3-1-2-4-13(12)16(18,19)20/h1-6,9,15H,7-8H2. The van der Waals surface area contributed by atoms with E-state index in [1.807, 2.05) is 12.1 Å². The zero-order valence-electron chi connectivity index (χ0n) is 11.0. The molecule has 1 aliphatic rings. The van der Waals surface area contributed by atoms with E-state index in [1.54, 1.807) is 12.1 Å². The Kier molecular flexibility index (Phi) is 3.69. The molecule has 21 heavy (non-hydrogen) atoms. The van der Waals surface area contributed by atoms with Gasteiger partial charge in [0.2, 0.25) is 0 Å². The fraction of sp³-hybridized carbons (Fsp3) is 0.250. The summed E-state index contributed by atoms with van der Waals surface area (Å²) in [4.78, 5) is -0.499. The van der Waals surface area contributed by atoms with Crippen molar-refractivity contribution in [3.8, 4) is 5.75 Å². The van der Waals surface area contributed by atoms with Gasteiger partial charge >= 0.3 is 6.18 Å². The van der Waals surface area contributed by atoms with Crippen molar-refractivity contribution in [2.75, 3.05) is 6.61 Å². The third-order valence-corrected chi connectivity index (χ3v) is 4.57. The van der Waals surface area contributed by atoms with Crippen molar-refractivity contribution in [3.05, 3.63) is 64.7 Å². The molecule has 1 heterocycles. The second-order valence-electron chi connectivity index (χ2n) is 4.91. The fourth-order valence-corrected chi connectivity index (χ4v) is 3.20. The predicted molar refractivity (Wildman–Crippen MR) is 77.9 cm³/mol. The smallest absolute Gasteiger partial charge is 0.416 e. The van der Waals surface area contributed by atoms with Crippen LogP contribution >= 0.6 is 15.9 Å². The van der Waals surface area contributed by atoms with Crippen molar-refractivity contribution in [2.45, 2.75) is 17.4 Å². The molecule has 0 aliphatic carbocycles. The lowest BCUT2D eigenvalue weighted by molar-refractivity contribution is -0.138. The number of halogens is 4. The maximum atomic E-state index is 13.1. The van der Waals surface area contributed by atoms with Crippen LogP contribution in [0.2, 0.25) is 0 Å². The van der Waals surface area contributed by atoms with Crippen molar-refractivity contribution < 1.29 is 17.9 Å². The van der Waals surface area contributed by atoms with Gasteiger partial charge in [-0.25, -0.2) is 0 Å². The minimum atomic E-state index is -4.36. The summed E-state index contributed by atoms with van der Waals surface area (Å²) in [6.45, 7) is 0.630. The Morgan fingerprint density at radius 3 is 2.62 bits per heavy atom. The molecular formula is C16H12BrF3O. The van der Waals surface area contributed by atoms with Gasteiger partial charge in [-0.1, -0.05) is 46.3 Å². The van der Waals surface area contributed by atoms with Crippen LogP contribution in [-0.4, -0.2) is 6.61 Å². The molecule has 0 amide bonds. The Balaban J connectivity index is 2.01. The molecule has 110 valence electrons. The highest BCUT2D eigenvalue weighted by Crippen LogP contribution is 2.41. The summed E-state index contributed by atoms with van der Waals surface area (Å²) in [7, 11) is 0. The van der Waals surface area contributed by atoms with Crippen molar-refractivity contribution in [1.29, 1.82) is 0 Å². The summed E-state index contributed by atoms with van der Waals surface area (Å²) in [6.07, 6.45) is -3.56. The van der Waals surface area contributed by atoms with Gasteiger partial charge in [0.25, 0.3) is 0 Å². The molecule has 1 unspecified atom stereocenters. The molecule has 1 atom stereocenters. The lowest BCUT2D eigenvalue weighted by Crippen LogP contribution is -2.10. The van der Waals surface area contributed by atoms with Gasteiger partial charge in [-0.05, 0) is 28.8 Å². The van der Waals surface area contributed by atoms with Crippen molar-refractivity contribution >= 4 is 15.9 Å². The van der Waals surface area contributed by atoms with Gasteiger partial charge in [-0.2, -0.15) is 13.2 Å². The molecule has 0 N–H and O–H groups in total. The van der Waals surface area contributed by atoms with Crippen LogP contribution < -0.4 is 4.74 Å². The van der Waals surface area contributed by atoms with Crippen molar-refractivity contribution in [2.24, 2.45) is 0 Å². The maximum Gasteiger partial charge on any atom is 0.416 e. The molecular weight excluding hydrogens is 345 g/mol. The van der Waals surface area contributed by atoms with Gasteiger partial charge in [0, 0.05) is 6.42 Å². The second kappa shape index (κ2) is 5.37. The average Bonchev–Trinajstić information content (AvgIpc) is 2.93. The number of alkyl halides is 4. The Morgan fingerprint density at radius 1 is 1.10 bits per heavy atom. The lowest BCUT2D eigenvalue weighted by Gasteiger charge is -2.18. The van der Waals surface area contributed by atoms with E-state index in [2.05, 4.69) is 15.9 Å². The van der Waals surface area contributed by atoms with E-state index in [0.717, 1.165) is 29.4 Å². The molecule has 0 saturated heterocycles. The van der Waals surface area contributed by atoms with E-state index in [0.29, 0.717) is 6.61 Å². The van der Waals surface area contributed by atoms with E-state index in [-0.39, 0.29) is 5.56 Å². The number of fused-ring (bicyclic) bond motifs is 1. The third-order valence-electron chi connectivity index (χ3n) is 3.55. The van der Waals surface area contributed by atoms with E-state index >= 15 is 0 Å². The molecule has 0 bridgehead atoms. The summed E-state index contributed by atoms with van der Waals surface area (Å²) >= 11 is 3.40. The summed E-state index contributed by atoms with van der Waals surface area (Å²) in [5, 5.41) is 0. The first-order chi connectivity index (χ1) is 9.97. The minimum absolute atomic E-state index is 0.226. The number of ether oxygens (including phenoxy) is 1. The molecule has 2 aromatic rings. The van der Waals surface area contributed by atoms with Gasteiger partial charge in [0.05, 0.1) is 17.0 Å². The van der Waals surface area contributed by atoms with Crippen LogP contribution in [-0.2, 0) is 12.6 Å². The summed E-state index contributed by atoms with van der Waals surface area (Å²) < 4.78 is 44.7. The quantitative estimate of drug-likeness (QED) is 0.678. The Labute approximate surface area is 128 Å². The molecule has 3 rings (SSSR count). The number of rotatable bonds is 2. The molecule has 5 heteroatoms. The second-order valence-corrected chi connectivity index (χ2v) is 5.83. The molecule has 0 fully saturated rings. The molecule has 1 aliphatic heterocycles. The highest BCUT2D eigenvalue weighted by atomic mass is 79.9. The topological polar surface area (TPSA) is 9.23 Å². The zero-order chi connectivity index (χ0) is 15.0. The van der Waals surface area contributed by atoms with Crippen LogP contribution in [0.5, 0.6) is 5.75 Å². The highest BCUT2D eigenvalue weighted by molar-refractivity contribution is 9.09. The Hall–Kier alpha value is -1.49. The van der Waals surface area contributed by atoms with Crippen LogP contribution in [0.25, 0.3) is 0 Å². The van der Waals surface area contributed by atoms with E-state index in [9.17, 15) is 13.2 Å². The first-order valence-electron chi connectivity index (χ1n) is 6.52. The average molecular weight is 357 g/mol. The molecule has 0 aromatic heterocycles. The number of benzene rings is 2. The first-order valence-corrected chi connectivity index (χ1v) is 7.44. The van der Waals surface area contributed by atoms with Crippen molar-refractivity contribution in [1.82, 2.24) is 0 Å². The Bertz CT molecular complexity index is 667. The van der Waals surface area contributed by atoms with Gasteiger partial charge in [-0.15, -0.1) is 0 Å². The number of hydrogen-bond donors (Lipinski definition) is 0. The summed E-state index contributed by atoms with van der Waals surface area (Å²) in [5.41, 5.74) is 1.46. The van der Waals surface area contributed by atoms with Crippen molar-refractivity contribution in [3.63, 3.8) is 0 Å². The Morgan fingerprint density at radius 2 is 1.86 bits per heavy atom. The number of hydrogen-bond acceptors (Lipinski definition) is 1. The molecule has 1 nitrogen and oxygen atoms in total. The van der Waals surface area contributed by atoms with Crippen LogP contribution in [0.1, 0.15) is 27.1 Å². The maximum absolute atomic E-state index is 13.1. The van der Waals surface area contributed by atoms with Crippen LogP contribution in [0, 0.1) is 0 Å². The van der Waals surface area contributed by atoms with Gasteiger partial charge in [-0.3, -0.25) is 0 Å². The van der Waals surface area contributed by atoms with Gasteiger partial charge in [0.1, 0.15) is 5.75 Å². The molecule has 2 aromatic carbocycles. The zero-order valence-corrected chi connectivity index (χ0v) is 12.5. The highest BCUT2D eigenvalue weighted by Gasteiger charge is 2.34. The summed E-state index contributed by atoms with van der Waals surface area (Å²) in [6, 6.07) is 11.2. The SMILES string of the molecule is FC(F)(F)c1ccccc1C(Br)c1ccc2c(c1)CCO2.